The standard InChI is InChI=1S/C16H21N3/c17-11-14-10-13-6-3-7-15(13)19-16(14)18-9-8-12-4-1-2-5-12/h10,12H,1-9H2,(H,18,19). The van der Waals surface area contributed by atoms with E-state index in [0.29, 0.717) is 5.56 Å². The number of aryl methyl sites for hydroxylation is 2. The molecule has 1 aromatic rings. The molecule has 1 aromatic heterocycles. The van der Waals surface area contributed by atoms with Gasteiger partial charge in [0.05, 0.1) is 5.56 Å². The molecule has 19 heavy (non-hydrogen) atoms. The van der Waals surface area contributed by atoms with E-state index in [9.17, 15) is 5.26 Å². The Bertz CT molecular complexity index is 495. The van der Waals surface area contributed by atoms with E-state index in [1.807, 2.05) is 6.07 Å². The zero-order chi connectivity index (χ0) is 13.1. The highest BCUT2D eigenvalue weighted by Gasteiger charge is 2.17. The predicted octanol–water partition coefficient (Wildman–Crippen LogP) is 3.43. The van der Waals surface area contributed by atoms with Gasteiger partial charge in [-0.15, -0.1) is 0 Å². The summed E-state index contributed by atoms with van der Waals surface area (Å²) < 4.78 is 0. The van der Waals surface area contributed by atoms with Crippen molar-refractivity contribution in [3.8, 4) is 6.07 Å². The Morgan fingerprint density at radius 3 is 2.89 bits per heavy atom. The van der Waals surface area contributed by atoms with Crippen LogP contribution in [0.2, 0.25) is 0 Å². The van der Waals surface area contributed by atoms with E-state index >= 15 is 0 Å². The van der Waals surface area contributed by atoms with E-state index in [-0.39, 0.29) is 0 Å². The van der Waals surface area contributed by atoms with Crippen LogP contribution in [-0.4, -0.2) is 11.5 Å². The molecule has 2 aliphatic carbocycles. The molecule has 100 valence electrons. The van der Waals surface area contributed by atoms with Gasteiger partial charge in [-0.1, -0.05) is 25.7 Å². The molecule has 3 nitrogen and oxygen atoms in total. The fourth-order valence-corrected chi connectivity index (χ4v) is 3.39. The van der Waals surface area contributed by atoms with Gasteiger partial charge in [-0.05, 0) is 43.2 Å². The molecule has 1 N–H and O–H groups in total. The van der Waals surface area contributed by atoms with Gasteiger partial charge in [0.25, 0.3) is 0 Å². The minimum absolute atomic E-state index is 0.715. The molecule has 0 spiro atoms. The first-order valence-corrected chi connectivity index (χ1v) is 7.53. The van der Waals surface area contributed by atoms with Gasteiger partial charge in [0, 0.05) is 12.2 Å². The molecule has 0 amide bonds. The highest BCUT2D eigenvalue weighted by Crippen LogP contribution is 2.28. The summed E-state index contributed by atoms with van der Waals surface area (Å²) in [5, 5.41) is 12.6. The van der Waals surface area contributed by atoms with E-state index in [2.05, 4.69) is 16.4 Å². The average molecular weight is 255 g/mol. The third-order valence-corrected chi connectivity index (χ3v) is 4.49. The van der Waals surface area contributed by atoms with Crippen molar-refractivity contribution in [1.29, 1.82) is 5.26 Å². The summed E-state index contributed by atoms with van der Waals surface area (Å²) in [5.41, 5.74) is 3.19. The predicted molar refractivity (Wildman–Crippen MR) is 76.0 cm³/mol. The Kier molecular flexibility index (Phi) is 3.68. The summed E-state index contributed by atoms with van der Waals surface area (Å²) in [4.78, 5) is 4.65. The van der Waals surface area contributed by atoms with Gasteiger partial charge in [-0.25, -0.2) is 4.98 Å². The van der Waals surface area contributed by atoms with Crippen molar-refractivity contribution in [1.82, 2.24) is 4.98 Å². The van der Waals surface area contributed by atoms with E-state index in [1.54, 1.807) is 0 Å². The molecule has 0 atom stereocenters. The molecule has 0 aliphatic heterocycles. The minimum Gasteiger partial charge on any atom is -0.369 e. The van der Waals surface area contributed by atoms with E-state index < -0.39 is 0 Å². The van der Waals surface area contributed by atoms with Crippen LogP contribution in [0.15, 0.2) is 6.07 Å². The van der Waals surface area contributed by atoms with Crippen LogP contribution in [-0.2, 0) is 12.8 Å². The monoisotopic (exact) mass is 255 g/mol. The molecular weight excluding hydrogens is 234 g/mol. The number of pyridine rings is 1. The average Bonchev–Trinajstić information content (AvgIpc) is 3.08. The molecular formula is C16H21N3. The molecule has 0 bridgehead atoms. The Labute approximate surface area is 115 Å². The summed E-state index contributed by atoms with van der Waals surface area (Å²) in [7, 11) is 0. The van der Waals surface area contributed by atoms with Crippen molar-refractivity contribution in [2.45, 2.75) is 51.4 Å². The van der Waals surface area contributed by atoms with Crippen LogP contribution in [0, 0.1) is 17.2 Å². The van der Waals surface area contributed by atoms with Crippen LogP contribution >= 0.6 is 0 Å². The van der Waals surface area contributed by atoms with Crippen molar-refractivity contribution < 1.29 is 0 Å². The fraction of sp³-hybridized carbons (Fsp3) is 0.625. The number of hydrogen-bond donors (Lipinski definition) is 1. The number of hydrogen-bond acceptors (Lipinski definition) is 3. The van der Waals surface area contributed by atoms with E-state index in [0.717, 1.165) is 31.1 Å². The summed E-state index contributed by atoms with van der Waals surface area (Å²) in [6.07, 6.45) is 10.1. The lowest BCUT2D eigenvalue weighted by atomic mass is 10.0. The van der Waals surface area contributed by atoms with Crippen molar-refractivity contribution >= 4 is 5.82 Å². The highest BCUT2D eigenvalue weighted by molar-refractivity contribution is 5.55. The number of aromatic nitrogens is 1. The van der Waals surface area contributed by atoms with Gasteiger partial charge in [0.15, 0.2) is 0 Å². The molecule has 0 radical (unpaired) electrons. The maximum absolute atomic E-state index is 9.23. The maximum Gasteiger partial charge on any atom is 0.144 e. The fourth-order valence-electron chi connectivity index (χ4n) is 3.39. The molecule has 3 heteroatoms. The molecule has 0 saturated heterocycles. The number of fused-ring (bicyclic) bond motifs is 1. The van der Waals surface area contributed by atoms with Crippen LogP contribution in [0.5, 0.6) is 0 Å². The lowest BCUT2D eigenvalue weighted by Crippen LogP contribution is -2.10. The highest BCUT2D eigenvalue weighted by atomic mass is 15.0. The third kappa shape index (κ3) is 2.73. The lowest BCUT2D eigenvalue weighted by Gasteiger charge is -2.12. The Hall–Kier alpha value is -1.56. The largest absolute Gasteiger partial charge is 0.369 e. The zero-order valence-corrected chi connectivity index (χ0v) is 11.4. The summed E-state index contributed by atoms with van der Waals surface area (Å²) >= 11 is 0. The topological polar surface area (TPSA) is 48.7 Å². The second kappa shape index (κ2) is 5.61. The number of anilines is 1. The molecule has 3 rings (SSSR count). The van der Waals surface area contributed by atoms with Crippen molar-refractivity contribution in [2.75, 3.05) is 11.9 Å². The first-order valence-electron chi connectivity index (χ1n) is 7.53. The van der Waals surface area contributed by atoms with Gasteiger partial charge in [0.2, 0.25) is 0 Å². The Balaban J connectivity index is 1.64. The minimum atomic E-state index is 0.715. The second-order valence-corrected chi connectivity index (χ2v) is 5.82. The molecule has 0 aromatic carbocycles. The van der Waals surface area contributed by atoms with Crippen molar-refractivity contribution in [3.05, 3.63) is 22.9 Å². The number of nitrogens with zero attached hydrogens (tertiary/aromatic N) is 2. The maximum atomic E-state index is 9.23. The Morgan fingerprint density at radius 1 is 1.26 bits per heavy atom. The number of nitrogens with one attached hydrogen (secondary N) is 1. The van der Waals surface area contributed by atoms with E-state index in [4.69, 9.17) is 0 Å². The normalized spacial score (nSPS) is 18.3. The van der Waals surface area contributed by atoms with Crippen LogP contribution < -0.4 is 5.32 Å². The van der Waals surface area contributed by atoms with Gasteiger partial charge in [0.1, 0.15) is 11.9 Å². The van der Waals surface area contributed by atoms with Crippen LogP contribution in [0.3, 0.4) is 0 Å². The van der Waals surface area contributed by atoms with Crippen molar-refractivity contribution in [3.63, 3.8) is 0 Å². The Morgan fingerprint density at radius 2 is 2.11 bits per heavy atom. The second-order valence-electron chi connectivity index (χ2n) is 5.82. The molecule has 0 unspecified atom stereocenters. The van der Waals surface area contributed by atoms with Gasteiger partial charge in [-0.2, -0.15) is 5.26 Å². The SMILES string of the molecule is N#Cc1cc2c(nc1NCCC1CCCC1)CCC2. The lowest BCUT2D eigenvalue weighted by molar-refractivity contribution is 0.518. The summed E-state index contributed by atoms with van der Waals surface area (Å²) in [5.74, 6) is 1.69. The zero-order valence-electron chi connectivity index (χ0n) is 11.4. The number of nitriles is 1. The van der Waals surface area contributed by atoms with Crippen LogP contribution in [0.4, 0.5) is 5.82 Å². The van der Waals surface area contributed by atoms with Gasteiger partial charge in [-0.3, -0.25) is 0 Å². The van der Waals surface area contributed by atoms with Crippen LogP contribution in [0.1, 0.15) is 55.3 Å². The quantitative estimate of drug-likeness (QED) is 0.896. The first-order chi connectivity index (χ1) is 9.36. The van der Waals surface area contributed by atoms with Gasteiger partial charge < -0.3 is 5.32 Å². The molecule has 1 saturated carbocycles. The third-order valence-electron chi connectivity index (χ3n) is 4.49. The summed E-state index contributed by atoms with van der Waals surface area (Å²) in [6.45, 7) is 0.950. The van der Waals surface area contributed by atoms with Crippen LogP contribution in [0.25, 0.3) is 0 Å². The molecule has 1 fully saturated rings. The first kappa shape index (κ1) is 12.5. The molecule has 2 aliphatic rings. The van der Waals surface area contributed by atoms with Gasteiger partial charge >= 0.3 is 0 Å². The number of rotatable bonds is 4. The molecule has 1 heterocycles. The smallest absolute Gasteiger partial charge is 0.144 e. The summed E-state index contributed by atoms with van der Waals surface area (Å²) in [6, 6.07) is 4.31. The van der Waals surface area contributed by atoms with Crippen molar-refractivity contribution in [2.24, 2.45) is 5.92 Å². The van der Waals surface area contributed by atoms with E-state index in [1.165, 1.54) is 49.8 Å².